The van der Waals surface area contributed by atoms with Crippen molar-refractivity contribution in [2.24, 2.45) is 0 Å². The highest BCUT2D eigenvalue weighted by atomic mass is 79.9. The van der Waals surface area contributed by atoms with Crippen LogP contribution in [0.4, 0.5) is 5.69 Å². The molecular weight excluding hydrogens is 310 g/mol. The van der Waals surface area contributed by atoms with E-state index in [4.69, 9.17) is 9.15 Å². The standard InChI is InChI=1S/C14H14BrNO3/c1-14(13(17)18-2,11-8-9-12(15)19-11)16-10-6-4-3-5-7-10/h3-9,16H,1-2H3. The van der Waals surface area contributed by atoms with Crippen LogP contribution in [-0.2, 0) is 15.1 Å². The van der Waals surface area contributed by atoms with Crippen LogP contribution in [0.3, 0.4) is 0 Å². The maximum atomic E-state index is 12.1. The summed E-state index contributed by atoms with van der Waals surface area (Å²) >= 11 is 3.23. The van der Waals surface area contributed by atoms with E-state index in [-0.39, 0.29) is 0 Å². The van der Waals surface area contributed by atoms with E-state index >= 15 is 0 Å². The molecule has 0 aliphatic carbocycles. The fourth-order valence-corrected chi connectivity index (χ4v) is 2.12. The molecule has 1 heterocycles. The lowest BCUT2D eigenvalue weighted by atomic mass is 9.98. The number of benzene rings is 1. The van der Waals surface area contributed by atoms with E-state index in [0.717, 1.165) is 5.69 Å². The van der Waals surface area contributed by atoms with Crippen LogP contribution in [0.1, 0.15) is 12.7 Å². The Hall–Kier alpha value is -1.75. The molecule has 0 aliphatic rings. The number of furan rings is 1. The fraction of sp³-hybridized carbons (Fsp3) is 0.214. The largest absolute Gasteiger partial charge is 0.467 e. The molecule has 0 spiro atoms. The zero-order valence-corrected chi connectivity index (χ0v) is 12.2. The maximum Gasteiger partial charge on any atom is 0.339 e. The van der Waals surface area contributed by atoms with E-state index in [1.54, 1.807) is 19.1 Å². The number of carbonyl (C=O) groups excluding carboxylic acids is 1. The van der Waals surface area contributed by atoms with Gasteiger partial charge in [0.15, 0.2) is 10.2 Å². The summed E-state index contributed by atoms with van der Waals surface area (Å²) in [6, 6.07) is 12.9. The van der Waals surface area contributed by atoms with Crippen molar-refractivity contribution in [2.45, 2.75) is 12.5 Å². The van der Waals surface area contributed by atoms with Crippen molar-refractivity contribution < 1.29 is 13.9 Å². The van der Waals surface area contributed by atoms with Crippen LogP contribution in [0.25, 0.3) is 0 Å². The Balaban J connectivity index is 2.38. The van der Waals surface area contributed by atoms with Crippen LogP contribution >= 0.6 is 15.9 Å². The summed E-state index contributed by atoms with van der Waals surface area (Å²) in [7, 11) is 1.35. The normalized spacial score (nSPS) is 13.6. The molecule has 1 atom stereocenters. The number of ether oxygens (including phenoxy) is 1. The number of hydrogen-bond acceptors (Lipinski definition) is 4. The van der Waals surface area contributed by atoms with Crippen molar-refractivity contribution in [1.82, 2.24) is 0 Å². The van der Waals surface area contributed by atoms with E-state index in [0.29, 0.717) is 10.4 Å². The number of carbonyl (C=O) groups is 1. The second-order valence-electron chi connectivity index (χ2n) is 4.21. The first-order chi connectivity index (χ1) is 9.06. The fourth-order valence-electron chi connectivity index (χ4n) is 1.81. The molecule has 0 bridgehead atoms. The lowest BCUT2D eigenvalue weighted by Crippen LogP contribution is -2.41. The molecular formula is C14H14BrNO3. The van der Waals surface area contributed by atoms with E-state index in [2.05, 4.69) is 21.2 Å². The van der Waals surface area contributed by atoms with Crippen LogP contribution in [0, 0.1) is 0 Å². The van der Waals surface area contributed by atoms with Gasteiger partial charge in [-0.3, -0.25) is 0 Å². The summed E-state index contributed by atoms with van der Waals surface area (Å²) in [5.74, 6) is 0.0632. The summed E-state index contributed by atoms with van der Waals surface area (Å²) in [5, 5.41) is 3.15. The molecule has 19 heavy (non-hydrogen) atoms. The van der Waals surface area contributed by atoms with Crippen molar-refractivity contribution in [3.05, 3.63) is 52.9 Å². The predicted molar refractivity (Wildman–Crippen MR) is 75.8 cm³/mol. The predicted octanol–water partition coefficient (Wildman–Crippen LogP) is 3.54. The number of methoxy groups -OCH3 is 1. The van der Waals surface area contributed by atoms with Crippen molar-refractivity contribution >= 4 is 27.6 Å². The monoisotopic (exact) mass is 323 g/mol. The second-order valence-corrected chi connectivity index (χ2v) is 4.99. The minimum Gasteiger partial charge on any atom is -0.467 e. The Bertz CT molecular complexity index is 567. The van der Waals surface area contributed by atoms with Gasteiger partial charge < -0.3 is 14.5 Å². The molecule has 0 saturated carbocycles. The molecule has 5 heteroatoms. The average molecular weight is 324 g/mol. The highest BCUT2D eigenvalue weighted by Gasteiger charge is 2.39. The number of halogens is 1. The van der Waals surface area contributed by atoms with Crippen molar-refractivity contribution in [2.75, 3.05) is 12.4 Å². The molecule has 2 aromatic rings. The van der Waals surface area contributed by atoms with Crippen LogP contribution in [0.15, 0.2) is 51.6 Å². The number of esters is 1. The highest BCUT2D eigenvalue weighted by molar-refractivity contribution is 9.10. The van der Waals surface area contributed by atoms with Crippen LogP contribution < -0.4 is 5.32 Å². The molecule has 1 unspecified atom stereocenters. The summed E-state index contributed by atoms with van der Waals surface area (Å²) in [4.78, 5) is 12.1. The summed E-state index contributed by atoms with van der Waals surface area (Å²) < 4.78 is 10.9. The third-order valence-corrected chi connectivity index (χ3v) is 3.25. The van der Waals surface area contributed by atoms with Crippen LogP contribution in [0.5, 0.6) is 0 Å². The molecule has 0 amide bonds. The highest BCUT2D eigenvalue weighted by Crippen LogP contribution is 2.30. The van der Waals surface area contributed by atoms with Crippen LogP contribution in [0.2, 0.25) is 0 Å². The number of anilines is 1. The molecule has 100 valence electrons. The second kappa shape index (κ2) is 5.48. The summed E-state index contributed by atoms with van der Waals surface area (Å²) in [6.45, 7) is 1.72. The third-order valence-electron chi connectivity index (χ3n) is 2.83. The van der Waals surface area contributed by atoms with E-state index in [9.17, 15) is 4.79 Å². The van der Waals surface area contributed by atoms with Crippen molar-refractivity contribution in [1.29, 1.82) is 0 Å². The molecule has 4 nitrogen and oxygen atoms in total. The molecule has 0 aliphatic heterocycles. The zero-order chi connectivity index (χ0) is 13.9. The maximum absolute atomic E-state index is 12.1. The summed E-state index contributed by atoms with van der Waals surface area (Å²) in [6.07, 6.45) is 0. The number of rotatable bonds is 4. The van der Waals surface area contributed by atoms with Gasteiger partial charge in [0.05, 0.1) is 7.11 Å². The van der Waals surface area contributed by atoms with E-state index in [1.807, 2.05) is 30.3 Å². The van der Waals surface area contributed by atoms with Gasteiger partial charge in [0, 0.05) is 5.69 Å². The first kappa shape index (κ1) is 13.7. The van der Waals surface area contributed by atoms with Gasteiger partial charge in [0.25, 0.3) is 0 Å². The Morgan fingerprint density at radius 1 is 1.26 bits per heavy atom. The van der Waals surface area contributed by atoms with Crippen molar-refractivity contribution in [3.63, 3.8) is 0 Å². The Morgan fingerprint density at radius 2 is 1.95 bits per heavy atom. The van der Waals surface area contributed by atoms with Gasteiger partial charge in [0.2, 0.25) is 0 Å². The zero-order valence-electron chi connectivity index (χ0n) is 10.6. The third kappa shape index (κ3) is 2.81. The number of hydrogen-bond donors (Lipinski definition) is 1. The minimum absolute atomic E-state index is 0.418. The summed E-state index contributed by atoms with van der Waals surface area (Å²) in [5.41, 5.74) is -0.273. The van der Waals surface area contributed by atoms with Gasteiger partial charge in [0.1, 0.15) is 5.76 Å². The van der Waals surface area contributed by atoms with Crippen LogP contribution in [-0.4, -0.2) is 13.1 Å². The first-order valence-electron chi connectivity index (χ1n) is 5.74. The lowest BCUT2D eigenvalue weighted by molar-refractivity contribution is -0.146. The molecule has 1 aromatic carbocycles. The lowest BCUT2D eigenvalue weighted by Gasteiger charge is -2.26. The van der Waals surface area contributed by atoms with E-state index in [1.165, 1.54) is 7.11 Å². The molecule has 0 saturated heterocycles. The molecule has 1 aromatic heterocycles. The molecule has 2 rings (SSSR count). The van der Waals surface area contributed by atoms with Gasteiger partial charge in [-0.25, -0.2) is 4.79 Å². The smallest absolute Gasteiger partial charge is 0.339 e. The van der Waals surface area contributed by atoms with Gasteiger partial charge in [-0.15, -0.1) is 0 Å². The first-order valence-corrected chi connectivity index (χ1v) is 6.53. The topological polar surface area (TPSA) is 51.5 Å². The molecule has 1 N–H and O–H groups in total. The van der Waals surface area contributed by atoms with Gasteiger partial charge in [-0.1, -0.05) is 18.2 Å². The van der Waals surface area contributed by atoms with Gasteiger partial charge in [-0.05, 0) is 47.1 Å². The SMILES string of the molecule is COC(=O)C(C)(Nc1ccccc1)c1ccc(Br)o1. The number of para-hydroxylation sites is 1. The Labute approximate surface area is 119 Å². The number of nitrogens with one attached hydrogen (secondary N) is 1. The van der Waals surface area contributed by atoms with Gasteiger partial charge >= 0.3 is 5.97 Å². The molecule has 0 fully saturated rings. The minimum atomic E-state index is -1.08. The van der Waals surface area contributed by atoms with Gasteiger partial charge in [-0.2, -0.15) is 0 Å². The molecule has 0 radical (unpaired) electrons. The van der Waals surface area contributed by atoms with E-state index < -0.39 is 11.5 Å². The quantitative estimate of drug-likeness (QED) is 0.874. The Morgan fingerprint density at radius 3 is 2.47 bits per heavy atom. The average Bonchev–Trinajstić information content (AvgIpc) is 2.86. The Kier molecular flexibility index (Phi) is 3.95. The van der Waals surface area contributed by atoms with Crippen molar-refractivity contribution in [3.8, 4) is 0 Å².